The third-order valence-corrected chi connectivity index (χ3v) is 5.32. The van der Waals surface area contributed by atoms with E-state index in [0.717, 1.165) is 11.1 Å². The van der Waals surface area contributed by atoms with Crippen LogP contribution in [0.3, 0.4) is 0 Å². The maximum atomic E-state index is 12.9. The van der Waals surface area contributed by atoms with E-state index >= 15 is 0 Å². The van der Waals surface area contributed by atoms with Gasteiger partial charge in [0.15, 0.2) is 5.96 Å². The Bertz CT molecular complexity index is 1000. The third kappa shape index (κ3) is 5.38. The lowest BCUT2D eigenvalue weighted by molar-refractivity contribution is -0.131. The van der Waals surface area contributed by atoms with Gasteiger partial charge in [0.2, 0.25) is 0 Å². The second kappa shape index (κ2) is 9.72. The first kappa shape index (κ1) is 23.1. The highest BCUT2D eigenvalue weighted by molar-refractivity contribution is 6.06. The molecule has 0 bridgehead atoms. The number of anilines is 1. The van der Waals surface area contributed by atoms with E-state index in [4.69, 9.17) is 10.5 Å². The number of methoxy groups -OCH3 is 1. The molecule has 8 nitrogen and oxygen atoms in total. The SMILES string of the molecule is COc1ccccc1NC(=O)NCc1ccc(CN2C(=O)C(C)(CC(C)C)N=C2N)cc1. The van der Waals surface area contributed by atoms with Crippen LogP contribution in [0.4, 0.5) is 10.5 Å². The van der Waals surface area contributed by atoms with Gasteiger partial charge in [0, 0.05) is 6.54 Å². The van der Waals surface area contributed by atoms with Crippen molar-refractivity contribution in [3.8, 4) is 5.75 Å². The standard InChI is InChI=1S/C24H31N5O3/c1-16(2)13-24(3)21(30)29(22(25)28-24)15-18-11-9-17(10-12-18)14-26-23(31)27-19-7-5-6-8-20(19)32-4/h5-12,16H,13-15H2,1-4H3,(H2,25,28)(H2,26,27,31). The molecule has 0 fully saturated rings. The number of hydrogen-bond acceptors (Lipinski definition) is 5. The molecule has 3 amide bonds. The molecule has 1 aliphatic rings. The Morgan fingerprint density at radius 3 is 2.47 bits per heavy atom. The van der Waals surface area contributed by atoms with Crippen molar-refractivity contribution in [1.82, 2.24) is 10.2 Å². The summed E-state index contributed by atoms with van der Waals surface area (Å²) >= 11 is 0. The average Bonchev–Trinajstić information content (AvgIpc) is 2.95. The van der Waals surface area contributed by atoms with Crippen molar-refractivity contribution in [2.75, 3.05) is 12.4 Å². The van der Waals surface area contributed by atoms with E-state index in [0.29, 0.717) is 36.9 Å². The van der Waals surface area contributed by atoms with Gasteiger partial charge in [-0.1, -0.05) is 50.2 Å². The Hall–Kier alpha value is -3.55. The van der Waals surface area contributed by atoms with Gasteiger partial charge in [-0.15, -0.1) is 0 Å². The molecule has 170 valence electrons. The van der Waals surface area contributed by atoms with E-state index in [1.54, 1.807) is 19.2 Å². The highest BCUT2D eigenvalue weighted by Crippen LogP contribution is 2.29. The minimum absolute atomic E-state index is 0.0672. The van der Waals surface area contributed by atoms with Gasteiger partial charge in [-0.25, -0.2) is 9.79 Å². The van der Waals surface area contributed by atoms with Crippen molar-refractivity contribution in [3.63, 3.8) is 0 Å². The predicted octanol–water partition coefficient (Wildman–Crippen LogP) is 3.48. The summed E-state index contributed by atoms with van der Waals surface area (Å²) in [4.78, 5) is 31.1. The Balaban J connectivity index is 1.55. The molecule has 8 heteroatoms. The molecule has 2 aromatic rings. The number of nitrogens with zero attached hydrogens (tertiary/aromatic N) is 2. The fraction of sp³-hybridized carbons (Fsp3) is 0.375. The summed E-state index contributed by atoms with van der Waals surface area (Å²) in [6.07, 6.45) is 0.657. The molecule has 1 heterocycles. The Kier molecular flexibility index (Phi) is 7.02. The van der Waals surface area contributed by atoms with Crippen LogP contribution in [0.1, 0.15) is 38.3 Å². The Morgan fingerprint density at radius 1 is 1.16 bits per heavy atom. The van der Waals surface area contributed by atoms with Gasteiger partial charge in [-0.2, -0.15) is 0 Å². The number of amides is 3. The molecule has 3 rings (SSSR count). The zero-order chi connectivity index (χ0) is 23.3. The number of carbonyl (C=O) groups excluding carboxylic acids is 2. The number of ether oxygens (including phenoxy) is 1. The van der Waals surface area contributed by atoms with Gasteiger partial charge in [0.1, 0.15) is 11.3 Å². The number of carbonyl (C=O) groups is 2. The monoisotopic (exact) mass is 437 g/mol. The average molecular weight is 438 g/mol. The van der Waals surface area contributed by atoms with Crippen molar-refractivity contribution in [3.05, 3.63) is 59.7 Å². The maximum Gasteiger partial charge on any atom is 0.319 e. The van der Waals surface area contributed by atoms with Crippen LogP contribution in [0.15, 0.2) is 53.5 Å². The zero-order valence-electron chi connectivity index (χ0n) is 19.0. The van der Waals surface area contributed by atoms with Crippen molar-refractivity contribution in [2.24, 2.45) is 16.6 Å². The summed E-state index contributed by atoms with van der Waals surface area (Å²) in [6.45, 7) is 6.70. The molecule has 0 saturated heterocycles. The molecule has 4 N–H and O–H groups in total. The minimum atomic E-state index is -0.795. The quantitative estimate of drug-likeness (QED) is 0.587. The summed E-state index contributed by atoms with van der Waals surface area (Å²) in [5.74, 6) is 1.13. The molecule has 0 spiro atoms. The fourth-order valence-electron chi connectivity index (χ4n) is 3.88. The first-order valence-electron chi connectivity index (χ1n) is 10.6. The van der Waals surface area contributed by atoms with Gasteiger partial charge < -0.3 is 21.1 Å². The van der Waals surface area contributed by atoms with Crippen LogP contribution in [0.25, 0.3) is 0 Å². The molecule has 0 aliphatic carbocycles. The number of hydrogen-bond donors (Lipinski definition) is 3. The highest BCUT2D eigenvalue weighted by Gasteiger charge is 2.43. The van der Waals surface area contributed by atoms with E-state index in [2.05, 4.69) is 29.5 Å². The number of urea groups is 1. The first-order valence-corrected chi connectivity index (χ1v) is 10.6. The molecular formula is C24H31N5O3. The number of benzene rings is 2. The maximum absolute atomic E-state index is 12.9. The molecule has 2 aromatic carbocycles. The van der Waals surface area contributed by atoms with E-state index in [-0.39, 0.29) is 17.9 Å². The van der Waals surface area contributed by atoms with Gasteiger partial charge in [-0.3, -0.25) is 9.69 Å². The molecule has 0 radical (unpaired) electrons. The van der Waals surface area contributed by atoms with Crippen LogP contribution in [0, 0.1) is 5.92 Å². The fourth-order valence-corrected chi connectivity index (χ4v) is 3.88. The van der Waals surface area contributed by atoms with Crippen molar-refractivity contribution < 1.29 is 14.3 Å². The number of guanidine groups is 1. The van der Waals surface area contributed by atoms with Gasteiger partial charge in [0.25, 0.3) is 5.91 Å². The van der Waals surface area contributed by atoms with Crippen molar-refractivity contribution in [2.45, 2.75) is 45.8 Å². The summed E-state index contributed by atoms with van der Waals surface area (Å²) in [7, 11) is 1.56. The molecule has 1 aliphatic heterocycles. The first-order chi connectivity index (χ1) is 15.2. The third-order valence-electron chi connectivity index (χ3n) is 5.32. The predicted molar refractivity (Wildman–Crippen MR) is 125 cm³/mol. The Morgan fingerprint density at radius 2 is 1.81 bits per heavy atom. The van der Waals surface area contributed by atoms with Gasteiger partial charge in [-0.05, 0) is 42.5 Å². The topological polar surface area (TPSA) is 109 Å². The number of nitrogens with two attached hydrogens (primary N) is 1. The molecular weight excluding hydrogens is 406 g/mol. The smallest absolute Gasteiger partial charge is 0.319 e. The zero-order valence-corrected chi connectivity index (χ0v) is 19.0. The van der Waals surface area contributed by atoms with Crippen LogP contribution in [-0.4, -0.2) is 35.4 Å². The van der Waals surface area contributed by atoms with E-state index in [1.165, 1.54) is 4.90 Å². The summed E-state index contributed by atoms with van der Waals surface area (Å²) < 4.78 is 5.24. The molecule has 0 saturated carbocycles. The lowest BCUT2D eigenvalue weighted by Gasteiger charge is -2.23. The van der Waals surface area contributed by atoms with Crippen molar-refractivity contribution in [1.29, 1.82) is 0 Å². The molecule has 1 unspecified atom stereocenters. The van der Waals surface area contributed by atoms with E-state index in [9.17, 15) is 9.59 Å². The molecule has 0 aromatic heterocycles. The van der Waals surface area contributed by atoms with Crippen LogP contribution < -0.4 is 21.1 Å². The summed E-state index contributed by atoms with van der Waals surface area (Å²) in [5.41, 5.74) is 7.73. The minimum Gasteiger partial charge on any atom is -0.495 e. The summed E-state index contributed by atoms with van der Waals surface area (Å²) in [6, 6.07) is 14.6. The Labute approximate surface area is 188 Å². The second-order valence-electron chi connectivity index (χ2n) is 8.56. The van der Waals surface area contributed by atoms with E-state index in [1.807, 2.05) is 43.3 Å². The highest BCUT2D eigenvalue weighted by atomic mass is 16.5. The van der Waals surface area contributed by atoms with Crippen molar-refractivity contribution >= 4 is 23.6 Å². The molecule has 1 atom stereocenters. The lowest BCUT2D eigenvalue weighted by Crippen LogP contribution is -2.43. The van der Waals surface area contributed by atoms with Crippen LogP contribution in [-0.2, 0) is 17.9 Å². The lowest BCUT2D eigenvalue weighted by atomic mass is 9.91. The number of para-hydroxylation sites is 2. The van der Waals surface area contributed by atoms with Crippen LogP contribution in [0.5, 0.6) is 5.75 Å². The largest absolute Gasteiger partial charge is 0.495 e. The van der Waals surface area contributed by atoms with Crippen LogP contribution in [0.2, 0.25) is 0 Å². The number of aliphatic imine (C=N–C) groups is 1. The second-order valence-corrected chi connectivity index (χ2v) is 8.56. The van der Waals surface area contributed by atoms with Gasteiger partial charge in [0.05, 0.1) is 19.3 Å². The normalized spacial score (nSPS) is 18.0. The van der Waals surface area contributed by atoms with Crippen LogP contribution >= 0.6 is 0 Å². The van der Waals surface area contributed by atoms with Gasteiger partial charge >= 0.3 is 6.03 Å². The number of nitrogens with one attached hydrogen (secondary N) is 2. The summed E-state index contributed by atoms with van der Waals surface area (Å²) in [5, 5.41) is 5.60. The van der Waals surface area contributed by atoms with E-state index < -0.39 is 5.54 Å². The molecule has 32 heavy (non-hydrogen) atoms. The number of rotatable bonds is 8.